The molecule has 2 rings (SSSR count). The summed E-state index contributed by atoms with van der Waals surface area (Å²) in [6, 6.07) is 7.81. The second-order valence-corrected chi connectivity index (χ2v) is 6.54. The summed E-state index contributed by atoms with van der Waals surface area (Å²) < 4.78 is 0. The quantitative estimate of drug-likeness (QED) is 0.900. The van der Waals surface area contributed by atoms with Gasteiger partial charge in [-0.3, -0.25) is 4.79 Å². The van der Waals surface area contributed by atoms with E-state index in [2.05, 4.69) is 19.2 Å². The molecule has 0 spiro atoms. The zero-order valence-corrected chi connectivity index (χ0v) is 13.9. The monoisotopic (exact) mass is 308 g/mol. The van der Waals surface area contributed by atoms with Crippen LogP contribution in [0.4, 0.5) is 0 Å². The molecule has 1 saturated heterocycles. The van der Waals surface area contributed by atoms with Gasteiger partial charge in [0.05, 0.1) is 11.5 Å². The molecule has 2 unspecified atom stereocenters. The van der Waals surface area contributed by atoms with Gasteiger partial charge < -0.3 is 10.2 Å². The Bertz CT molecular complexity index is 480. The van der Waals surface area contributed by atoms with Crippen LogP contribution in [0.1, 0.15) is 44.7 Å². The van der Waals surface area contributed by atoms with Gasteiger partial charge in [-0.15, -0.1) is 0 Å². The highest BCUT2D eigenvalue weighted by atomic mass is 35.5. The molecule has 1 aliphatic heterocycles. The summed E-state index contributed by atoms with van der Waals surface area (Å²) in [6.45, 7) is 5.96. The SMILES string of the molecule is CCCC1(C(=O)N(C)C(C)c2ccc(Cl)cc2)CCNC1. The Morgan fingerprint density at radius 1 is 1.43 bits per heavy atom. The third kappa shape index (κ3) is 3.41. The summed E-state index contributed by atoms with van der Waals surface area (Å²) in [4.78, 5) is 14.9. The van der Waals surface area contributed by atoms with E-state index in [1.165, 1.54) is 0 Å². The maximum absolute atomic E-state index is 13.0. The van der Waals surface area contributed by atoms with Gasteiger partial charge in [0, 0.05) is 18.6 Å². The highest BCUT2D eigenvalue weighted by Crippen LogP contribution is 2.35. The van der Waals surface area contributed by atoms with Crippen LogP contribution in [0, 0.1) is 5.41 Å². The summed E-state index contributed by atoms with van der Waals surface area (Å²) in [6.07, 6.45) is 2.93. The molecule has 1 aromatic rings. The predicted molar refractivity (Wildman–Crippen MR) is 87.5 cm³/mol. The largest absolute Gasteiger partial charge is 0.338 e. The normalized spacial score (nSPS) is 23.0. The van der Waals surface area contributed by atoms with Crippen LogP contribution in [0.25, 0.3) is 0 Å². The number of hydrogen-bond acceptors (Lipinski definition) is 2. The van der Waals surface area contributed by atoms with Crippen molar-refractivity contribution in [3.63, 3.8) is 0 Å². The van der Waals surface area contributed by atoms with Crippen molar-refractivity contribution in [2.45, 2.75) is 39.2 Å². The Kier molecular flexibility index (Phi) is 5.28. The first kappa shape index (κ1) is 16.3. The molecule has 21 heavy (non-hydrogen) atoms. The molecule has 0 aliphatic carbocycles. The van der Waals surface area contributed by atoms with Crippen molar-refractivity contribution in [2.24, 2.45) is 5.41 Å². The average Bonchev–Trinajstić information content (AvgIpc) is 2.96. The van der Waals surface area contributed by atoms with Crippen LogP contribution in [0.15, 0.2) is 24.3 Å². The number of hydrogen-bond donors (Lipinski definition) is 1. The lowest BCUT2D eigenvalue weighted by Gasteiger charge is -2.35. The fourth-order valence-electron chi connectivity index (χ4n) is 3.24. The van der Waals surface area contributed by atoms with E-state index in [0.717, 1.165) is 42.9 Å². The number of amides is 1. The molecule has 1 heterocycles. The third-order valence-corrected chi connectivity index (χ3v) is 4.93. The Morgan fingerprint density at radius 3 is 2.62 bits per heavy atom. The summed E-state index contributed by atoms with van der Waals surface area (Å²) >= 11 is 5.94. The van der Waals surface area contributed by atoms with Gasteiger partial charge in [-0.05, 0) is 44.0 Å². The van der Waals surface area contributed by atoms with Gasteiger partial charge in [0.15, 0.2) is 0 Å². The smallest absolute Gasteiger partial charge is 0.230 e. The molecule has 0 bridgehead atoms. The van der Waals surface area contributed by atoms with Crippen molar-refractivity contribution in [2.75, 3.05) is 20.1 Å². The Labute approximate surface area is 132 Å². The topological polar surface area (TPSA) is 32.3 Å². The molecule has 1 N–H and O–H groups in total. The van der Waals surface area contributed by atoms with Crippen LogP contribution < -0.4 is 5.32 Å². The number of carbonyl (C=O) groups excluding carboxylic acids is 1. The molecule has 1 amide bonds. The Balaban J connectivity index is 2.15. The number of nitrogens with zero attached hydrogens (tertiary/aromatic N) is 1. The van der Waals surface area contributed by atoms with Crippen molar-refractivity contribution in [1.29, 1.82) is 0 Å². The van der Waals surface area contributed by atoms with Crippen LogP contribution in [-0.2, 0) is 4.79 Å². The Hall–Kier alpha value is -1.06. The molecule has 0 saturated carbocycles. The average molecular weight is 309 g/mol. The van der Waals surface area contributed by atoms with Gasteiger partial charge in [0.2, 0.25) is 5.91 Å². The predicted octanol–water partition coefficient (Wildman–Crippen LogP) is 3.64. The lowest BCUT2D eigenvalue weighted by molar-refractivity contribution is -0.142. The molecule has 4 heteroatoms. The lowest BCUT2D eigenvalue weighted by Crippen LogP contribution is -2.44. The molecule has 116 valence electrons. The van der Waals surface area contributed by atoms with Crippen molar-refractivity contribution >= 4 is 17.5 Å². The summed E-state index contributed by atoms with van der Waals surface area (Å²) in [7, 11) is 1.91. The van der Waals surface area contributed by atoms with Gasteiger partial charge >= 0.3 is 0 Å². The first-order chi connectivity index (χ1) is 10.00. The van der Waals surface area contributed by atoms with Crippen LogP contribution in [0.5, 0.6) is 0 Å². The van der Waals surface area contributed by atoms with Crippen LogP contribution in [-0.4, -0.2) is 30.9 Å². The lowest BCUT2D eigenvalue weighted by atomic mass is 9.80. The molecular formula is C17H25ClN2O. The summed E-state index contributed by atoms with van der Waals surface area (Å²) in [5, 5.41) is 4.08. The molecule has 3 nitrogen and oxygen atoms in total. The van der Waals surface area contributed by atoms with Gasteiger partial charge in [0.25, 0.3) is 0 Å². The van der Waals surface area contributed by atoms with Crippen molar-refractivity contribution < 1.29 is 4.79 Å². The third-order valence-electron chi connectivity index (χ3n) is 4.68. The highest BCUT2D eigenvalue weighted by molar-refractivity contribution is 6.30. The minimum absolute atomic E-state index is 0.0593. The zero-order chi connectivity index (χ0) is 15.5. The first-order valence-corrected chi connectivity index (χ1v) is 8.11. The molecule has 0 radical (unpaired) electrons. The van der Waals surface area contributed by atoms with E-state index in [9.17, 15) is 4.79 Å². The van der Waals surface area contributed by atoms with Crippen molar-refractivity contribution in [1.82, 2.24) is 10.2 Å². The highest BCUT2D eigenvalue weighted by Gasteiger charge is 2.42. The number of halogens is 1. The molecule has 1 fully saturated rings. The zero-order valence-electron chi connectivity index (χ0n) is 13.2. The standard InChI is InChI=1S/C17H25ClN2O/c1-4-9-17(10-11-19-12-17)16(21)20(3)13(2)14-5-7-15(18)8-6-14/h5-8,13,19H,4,9-12H2,1-3H3. The fourth-order valence-corrected chi connectivity index (χ4v) is 3.37. The van der Waals surface area contributed by atoms with E-state index >= 15 is 0 Å². The number of nitrogens with one attached hydrogen (secondary N) is 1. The van der Waals surface area contributed by atoms with E-state index in [0.29, 0.717) is 0 Å². The van der Waals surface area contributed by atoms with Crippen LogP contribution >= 0.6 is 11.6 Å². The van der Waals surface area contributed by atoms with Crippen LogP contribution in [0.2, 0.25) is 5.02 Å². The van der Waals surface area contributed by atoms with Crippen molar-refractivity contribution in [3.05, 3.63) is 34.9 Å². The second-order valence-electron chi connectivity index (χ2n) is 6.10. The van der Waals surface area contributed by atoms with Gasteiger partial charge in [0.1, 0.15) is 0 Å². The van der Waals surface area contributed by atoms with E-state index in [1.54, 1.807) is 0 Å². The second kappa shape index (κ2) is 6.80. The number of benzene rings is 1. The molecular weight excluding hydrogens is 284 g/mol. The van der Waals surface area contributed by atoms with Gasteiger partial charge in [-0.1, -0.05) is 37.1 Å². The van der Waals surface area contributed by atoms with E-state index in [1.807, 2.05) is 36.2 Å². The summed E-state index contributed by atoms with van der Waals surface area (Å²) in [5.41, 5.74) is 0.900. The summed E-state index contributed by atoms with van der Waals surface area (Å²) in [5.74, 6) is 0.261. The van der Waals surface area contributed by atoms with E-state index < -0.39 is 0 Å². The van der Waals surface area contributed by atoms with Crippen molar-refractivity contribution in [3.8, 4) is 0 Å². The van der Waals surface area contributed by atoms with Gasteiger partial charge in [-0.25, -0.2) is 0 Å². The molecule has 1 aliphatic rings. The minimum atomic E-state index is -0.218. The fraction of sp³-hybridized carbons (Fsp3) is 0.588. The minimum Gasteiger partial charge on any atom is -0.338 e. The molecule has 1 aromatic carbocycles. The van der Waals surface area contributed by atoms with E-state index in [4.69, 9.17) is 11.6 Å². The number of carbonyl (C=O) groups is 1. The Morgan fingerprint density at radius 2 is 2.10 bits per heavy atom. The maximum Gasteiger partial charge on any atom is 0.230 e. The maximum atomic E-state index is 13.0. The van der Waals surface area contributed by atoms with Crippen LogP contribution in [0.3, 0.4) is 0 Å². The van der Waals surface area contributed by atoms with E-state index in [-0.39, 0.29) is 17.4 Å². The molecule has 2 atom stereocenters. The first-order valence-electron chi connectivity index (χ1n) is 7.73. The number of rotatable bonds is 5. The van der Waals surface area contributed by atoms with Gasteiger partial charge in [-0.2, -0.15) is 0 Å². The molecule has 0 aromatic heterocycles.